The number of aromatic nitrogens is 1. The molecule has 0 amide bonds. The van der Waals surface area contributed by atoms with E-state index in [1.807, 2.05) is 0 Å². The molecule has 0 aromatic carbocycles. The van der Waals surface area contributed by atoms with Crippen molar-refractivity contribution in [2.75, 3.05) is 46.8 Å². The summed E-state index contributed by atoms with van der Waals surface area (Å²) in [7, 11) is 1.62. The van der Waals surface area contributed by atoms with Crippen molar-refractivity contribution < 1.29 is 28.8 Å². The van der Waals surface area contributed by atoms with Crippen LogP contribution in [-0.2, 0) is 14.2 Å². The van der Waals surface area contributed by atoms with Crippen LogP contribution in [0.5, 0.6) is 5.75 Å². The summed E-state index contributed by atoms with van der Waals surface area (Å²) in [4.78, 5) is 14.4. The summed E-state index contributed by atoms with van der Waals surface area (Å²) >= 11 is 0. The SMILES string of the molecule is COCCOCCOCCOc1ccnc(C(=O)O)c1. The standard InChI is InChI=1S/C13H19NO6/c1-17-4-5-18-6-7-19-8-9-20-11-2-3-14-12(10-11)13(15)16/h2-3,10H,4-9H2,1H3,(H,15,16). The molecule has 7 heteroatoms. The Kier molecular flexibility index (Phi) is 8.28. The van der Waals surface area contributed by atoms with Gasteiger partial charge in [-0.25, -0.2) is 9.78 Å². The summed E-state index contributed by atoms with van der Waals surface area (Å²) in [5, 5.41) is 8.77. The van der Waals surface area contributed by atoms with Crippen LogP contribution in [0.3, 0.4) is 0 Å². The van der Waals surface area contributed by atoms with Crippen LogP contribution in [0.15, 0.2) is 18.3 Å². The third kappa shape index (κ3) is 7.03. The van der Waals surface area contributed by atoms with E-state index in [9.17, 15) is 4.79 Å². The van der Waals surface area contributed by atoms with E-state index < -0.39 is 5.97 Å². The first kappa shape index (κ1) is 16.4. The van der Waals surface area contributed by atoms with Crippen molar-refractivity contribution in [1.82, 2.24) is 4.98 Å². The zero-order valence-electron chi connectivity index (χ0n) is 11.4. The van der Waals surface area contributed by atoms with Gasteiger partial charge < -0.3 is 24.1 Å². The van der Waals surface area contributed by atoms with Crippen molar-refractivity contribution in [2.24, 2.45) is 0 Å². The molecule has 1 heterocycles. The molecule has 0 saturated heterocycles. The van der Waals surface area contributed by atoms with Crippen molar-refractivity contribution in [3.8, 4) is 5.75 Å². The Hall–Kier alpha value is -1.70. The molecular formula is C13H19NO6. The summed E-state index contributed by atoms with van der Waals surface area (Å²) in [6.07, 6.45) is 1.39. The Labute approximate surface area is 117 Å². The van der Waals surface area contributed by atoms with Gasteiger partial charge in [0.05, 0.1) is 33.0 Å². The third-order valence-corrected chi connectivity index (χ3v) is 2.25. The minimum atomic E-state index is -1.08. The van der Waals surface area contributed by atoms with Gasteiger partial charge in [-0.2, -0.15) is 0 Å². The van der Waals surface area contributed by atoms with Crippen molar-refractivity contribution in [3.63, 3.8) is 0 Å². The van der Waals surface area contributed by atoms with E-state index in [-0.39, 0.29) is 5.69 Å². The number of hydrogen-bond donors (Lipinski definition) is 1. The molecule has 0 fully saturated rings. The number of hydrogen-bond acceptors (Lipinski definition) is 6. The number of carbonyl (C=O) groups is 1. The zero-order chi connectivity index (χ0) is 14.6. The van der Waals surface area contributed by atoms with E-state index >= 15 is 0 Å². The lowest BCUT2D eigenvalue weighted by molar-refractivity contribution is 0.0179. The number of aromatic carboxylic acids is 1. The average Bonchev–Trinajstić information content (AvgIpc) is 2.46. The number of carboxylic acids is 1. The van der Waals surface area contributed by atoms with Gasteiger partial charge in [0.15, 0.2) is 5.69 Å². The highest BCUT2D eigenvalue weighted by atomic mass is 16.6. The predicted octanol–water partition coefficient (Wildman–Crippen LogP) is 0.838. The van der Waals surface area contributed by atoms with Gasteiger partial charge in [-0.3, -0.25) is 0 Å². The first-order chi connectivity index (χ1) is 9.74. The monoisotopic (exact) mass is 285 g/mol. The number of carboxylic acid groups (broad SMARTS) is 1. The number of pyridine rings is 1. The average molecular weight is 285 g/mol. The summed E-state index contributed by atoms with van der Waals surface area (Å²) in [5.41, 5.74) is -0.0463. The molecule has 0 bridgehead atoms. The predicted molar refractivity (Wildman–Crippen MR) is 70.2 cm³/mol. The van der Waals surface area contributed by atoms with E-state index in [0.717, 1.165) is 0 Å². The molecule has 7 nitrogen and oxygen atoms in total. The summed E-state index contributed by atoms with van der Waals surface area (Å²) < 4.78 is 20.7. The maximum absolute atomic E-state index is 10.7. The molecule has 0 radical (unpaired) electrons. The molecule has 0 aliphatic carbocycles. The van der Waals surface area contributed by atoms with Gasteiger partial charge in [0.2, 0.25) is 0 Å². The van der Waals surface area contributed by atoms with Gasteiger partial charge in [0.1, 0.15) is 12.4 Å². The second-order valence-electron chi connectivity index (χ2n) is 3.75. The summed E-state index contributed by atoms with van der Waals surface area (Å²) in [6.45, 7) is 2.83. The zero-order valence-corrected chi connectivity index (χ0v) is 11.4. The van der Waals surface area contributed by atoms with Crippen molar-refractivity contribution >= 4 is 5.97 Å². The molecule has 0 atom stereocenters. The van der Waals surface area contributed by atoms with Crippen LogP contribution >= 0.6 is 0 Å². The maximum Gasteiger partial charge on any atom is 0.354 e. The van der Waals surface area contributed by atoms with E-state index in [2.05, 4.69) is 4.98 Å². The molecule has 1 aromatic rings. The Morgan fingerprint density at radius 3 is 2.45 bits per heavy atom. The summed E-state index contributed by atoms with van der Waals surface area (Å²) in [5.74, 6) is -0.628. The normalized spacial score (nSPS) is 10.4. The first-order valence-electron chi connectivity index (χ1n) is 6.20. The van der Waals surface area contributed by atoms with E-state index in [1.165, 1.54) is 12.3 Å². The number of ether oxygens (including phenoxy) is 4. The smallest absolute Gasteiger partial charge is 0.354 e. The molecule has 1 N–H and O–H groups in total. The minimum Gasteiger partial charge on any atom is -0.491 e. The molecule has 112 valence electrons. The molecule has 0 aliphatic rings. The Bertz CT molecular complexity index is 398. The highest BCUT2D eigenvalue weighted by molar-refractivity contribution is 5.85. The number of methoxy groups -OCH3 is 1. The van der Waals surface area contributed by atoms with E-state index in [0.29, 0.717) is 45.4 Å². The van der Waals surface area contributed by atoms with Crippen LogP contribution in [0.1, 0.15) is 10.5 Å². The van der Waals surface area contributed by atoms with Gasteiger partial charge in [-0.15, -0.1) is 0 Å². The molecule has 1 aromatic heterocycles. The molecule has 0 spiro atoms. The second kappa shape index (κ2) is 10.1. The van der Waals surface area contributed by atoms with Gasteiger partial charge in [0.25, 0.3) is 0 Å². The maximum atomic E-state index is 10.7. The third-order valence-electron chi connectivity index (χ3n) is 2.25. The van der Waals surface area contributed by atoms with E-state index in [1.54, 1.807) is 13.2 Å². The van der Waals surface area contributed by atoms with Gasteiger partial charge in [0, 0.05) is 19.4 Å². The Morgan fingerprint density at radius 2 is 1.80 bits per heavy atom. The summed E-state index contributed by atoms with van der Waals surface area (Å²) in [6, 6.07) is 2.97. The molecule has 20 heavy (non-hydrogen) atoms. The second-order valence-corrected chi connectivity index (χ2v) is 3.75. The Morgan fingerprint density at radius 1 is 1.15 bits per heavy atom. The van der Waals surface area contributed by atoms with Crippen molar-refractivity contribution in [1.29, 1.82) is 0 Å². The lowest BCUT2D eigenvalue weighted by Gasteiger charge is -2.08. The molecule has 0 aliphatic heterocycles. The van der Waals surface area contributed by atoms with Crippen LogP contribution < -0.4 is 4.74 Å². The molecule has 1 rings (SSSR count). The number of rotatable bonds is 11. The van der Waals surface area contributed by atoms with Crippen LogP contribution in [0.25, 0.3) is 0 Å². The molecule has 0 unspecified atom stereocenters. The van der Waals surface area contributed by atoms with Gasteiger partial charge in [-0.05, 0) is 6.07 Å². The largest absolute Gasteiger partial charge is 0.491 e. The van der Waals surface area contributed by atoms with E-state index in [4.69, 9.17) is 24.1 Å². The highest BCUT2D eigenvalue weighted by Gasteiger charge is 2.05. The fourth-order valence-corrected chi connectivity index (χ4v) is 1.30. The van der Waals surface area contributed by atoms with Crippen LogP contribution in [0.2, 0.25) is 0 Å². The fraction of sp³-hybridized carbons (Fsp3) is 0.538. The molecular weight excluding hydrogens is 266 g/mol. The first-order valence-corrected chi connectivity index (χ1v) is 6.20. The van der Waals surface area contributed by atoms with Crippen LogP contribution in [0.4, 0.5) is 0 Å². The molecule has 0 saturated carbocycles. The minimum absolute atomic E-state index is 0.0463. The lowest BCUT2D eigenvalue weighted by atomic mass is 10.3. The topological polar surface area (TPSA) is 87.1 Å². The van der Waals surface area contributed by atoms with Crippen LogP contribution in [-0.4, -0.2) is 62.8 Å². The van der Waals surface area contributed by atoms with Gasteiger partial charge in [-0.1, -0.05) is 0 Å². The lowest BCUT2D eigenvalue weighted by Crippen LogP contribution is -2.12. The van der Waals surface area contributed by atoms with Crippen LogP contribution in [0, 0.1) is 0 Å². The van der Waals surface area contributed by atoms with Crippen molar-refractivity contribution in [2.45, 2.75) is 0 Å². The fourth-order valence-electron chi connectivity index (χ4n) is 1.30. The number of nitrogens with zero attached hydrogens (tertiary/aromatic N) is 1. The highest BCUT2D eigenvalue weighted by Crippen LogP contribution is 2.10. The van der Waals surface area contributed by atoms with Gasteiger partial charge >= 0.3 is 5.97 Å². The van der Waals surface area contributed by atoms with Crippen molar-refractivity contribution in [3.05, 3.63) is 24.0 Å². The Balaban J connectivity index is 2.06. The quantitative estimate of drug-likeness (QED) is 0.603.